The molecule has 3 N–H and O–H groups in total. The summed E-state index contributed by atoms with van der Waals surface area (Å²) < 4.78 is 5.52. The van der Waals surface area contributed by atoms with Crippen LogP contribution in [0, 0.1) is 5.92 Å². The lowest BCUT2D eigenvalue weighted by atomic mass is 9.85. The highest BCUT2D eigenvalue weighted by Gasteiger charge is 2.22. The number of benzene rings is 1. The molecule has 0 radical (unpaired) electrons. The van der Waals surface area contributed by atoms with E-state index in [1.54, 1.807) is 0 Å². The summed E-state index contributed by atoms with van der Waals surface area (Å²) in [5.74, 6) is 1.62. The van der Waals surface area contributed by atoms with Crippen LogP contribution in [-0.4, -0.2) is 44.9 Å². The van der Waals surface area contributed by atoms with Crippen LogP contribution >= 0.6 is 0 Å². The van der Waals surface area contributed by atoms with Crippen molar-refractivity contribution in [2.75, 3.05) is 39.2 Å². The van der Waals surface area contributed by atoms with E-state index >= 15 is 0 Å². The molecule has 1 unspecified atom stereocenters. The molecule has 5 heteroatoms. The van der Waals surface area contributed by atoms with Gasteiger partial charge < -0.3 is 25.6 Å². The third-order valence-electron chi connectivity index (χ3n) is 5.71. The number of anilines is 1. The standard InChI is InChI=1S/C22H30N4O/c1-23-14-20(17-9-11-26(2)12-10-17)16-3-5-18(6-4-16)25-19-7-8-22-21(13-19)24-15-27-22/h3-6,8,13-14,17,19,23-25H,7,9-12,15H2,1-2H3/b20-14+. The summed E-state index contributed by atoms with van der Waals surface area (Å²) in [5.41, 5.74) is 5.01. The van der Waals surface area contributed by atoms with Gasteiger partial charge in [-0.2, -0.15) is 0 Å². The molecule has 5 nitrogen and oxygen atoms in total. The number of nitrogens with one attached hydrogen (secondary N) is 3. The second kappa shape index (κ2) is 8.09. The van der Waals surface area contributed by atoms with Crippen LogP contribution in [-0.2, 0) is 4.74 Å². The van der Waals surface area contributed by atoms with Crippen molar-refractivity contribution in [3.05, 3.63) is 59.6 Å². The summed E-state index contributed by atoms with van der Waals surface area (Å²) in [6.45, 7) is 2.93. The number of nitrogens with zero attached hydrogens (tertiary/aromatic N) is 1. The summed E-state index contributed by atoms with van der Waals surface area (Å²) in [6, 6.07) is 9.19. The van der Waals surface area contributed by atoms with Crippen molar-refractivity contribution in [1.82, 2.24) is 15.5 Å². The average molecular weight is 367 g/mol. The second-order valence-corrected chi connectivity index (χ2v) is 7.64. The summed E-state index contributed by atoms with van der Waals surface area (Å²) in [6.07, 6.45) is 9.97. The number of allylic oxidation sites excluding steroid dienone is 1. The van der Waals surface area contributed by atoms with Crippen LogP contribution < -0.4 is 16.0 Å². The van der Waals surface area contributed by atoms with Gasteiger partial charge in [-0.05, 0) is 80.7 Å². The van der Waals surface area contributed by atoms with Crippen LogP contribution in [0.15, 0.2) is 54.1 Å². The van der Waals surface area contributed by atoms with Crippen LogP contribution in [0.1, 0.15) is 24.8 Å². The summed E-state index contributed by atoms with van der Waals surface area (Å²) in [7, 11) is 4.20. The maximum atomic E-state index is 5.52. The van der Waals surface area contributed by atoms with E-state index in [0.29, 0.717) is 18.7 Å². The first-order valence-electron chi connectivity index (χ1n) is 9.95. The van der Waals surface area contributed by atoms with Gasteiger partial charge in [0.05, 0.1) is 11.7 Å². The van der Waals surface area contributed by atoms with E-state index in [9.17, 15) is 0 Å². The molecule has 0 bridgehead atoms. The molecule has 0 spiro atoms. The molecule has 0 aromatic heterocycles. The molecule has 4 rings (SSSR count). The van der Waals surface area contributed by atoms with E-state index in [1.165, 1.54) is 37.1 Å². The summed E-state index contributed by atoms with van der Waals surface area (Å²) in [5, 5.41) is 10.1. The summed E-state index contributed by atoms with van der Waals surface area (Å²) >= 11 is 0. The fraction of sp³-hybridized carbons (Fsp3) is 0.455. The maximum Gasteiger partial charge on any atom is 0.159 e. The van der Waals surface area contributed by atoms with Gasteiger partial charge in [0.25, 0.3) is 0 Å². The number of hydrogen-bond donors (Lipinski definition) is 3. The molecule has 2 aliphatic heterocycles. The minimum Gasteiger partial charge on any atom is -0.472 e. The van der Waals surface area contributed by atoms with Gasteiger partial charge in [-0.25, -0.2) is 0 Å². The van der Waals surface area contributed by atoms with E-state index in [4.69, 9.17) is 4.74 Å². The zero-order valence-corrected chi connectivity index (χ0v) is 16.3. The zero-order valence-electron chi connectivity index (χ0n) is 16.3. The van der Waals surface area contributed by atoms with E-state index in [0.717, 1.165) is 23.6 Å². The minimum atomic E-state index is 0.296. The van der Waals surface area contributed by atoms with Gasteiger partial charge in [-0.3, -0.25) is 0 Å². The first-order chi connectivity index (χ1) is 13.2. The topological polar surface area (TPSA) is 48.6 Å². The van der Waals surface area contributed by atoms with Crippen molar-refractivity contribution in [3.8, 4) is 0 Å². The Morgan fingerprint density at radius 3 is 2.74 bits per heavy atom. The Balaban J connectivity index is 1.43. The molecule has 3 aliphatic rings. The highest BCUT2D eigenvalue weighted by Crippen LogP contribution is 2.32. The molecule has 27 heavy (non-hydrogen) atoms. The predicted molar refractivity (Wildman–Crippen MR) is 111 cm³/mol. The van der Waals surface area contributed by atoms with Crippen LogP contribution in [0.5, 0.6) is 0 Å². The minimum absolute atomic E-state index is 0.296. The molecular weight excluding hydrogens is 336 g/mol. The maximum absolute atomic E-state index is 5.52. The fourth-order valence-corrected chi connectivity index (χ4v) is 4.16. The van der Waals surface area contributed by atoms with Crippen molar-refractivity contribution in [2.24, 2.45) is 5.92 Å². The first kappa shape index (κ1) is 18.0. The zero-order chi connectivity index (χ0) is 18.6. The average Bonchev–Trinajstić information content (AvgIpc) is 3.16. The highest BCUT2D eigenvalue weighted by atomic mass is 16.5. The molecule has 1 aliphatic carbocycles. The number of fused-ring (bicyclic) bond motifs is 1. The Labute approximate surface area is 162 Å². The Morgan fingerprint density at radius 1 is 1.22 bits per heavy atom. The Bertz CT molecular complexity index is 742. The molecule has 1 atom stereocenters. The highest BCUT2D eigenvalue weighted by molar-refractivity contribution is 5.69. The lowest BCUT2D eigenvalue weighted by Crippen LogP contribution is -2.30. The monoisotopic (exact) mass is 366 g/mol. The number of likely N-dealkylation sites (tertiary alicyclic amines) is 1. The Hall–Kier alpha value is -2.40. The largest absolute Gasteiger partial charge is 0.472 e. The molecule has 2 heterocycles. The third-order valence-corrected chi connectivity index (χ3v) is 5.71. The molecule has 144 valence electrons. The summed E-state index contributed by atoms with van der Waals surface area (Å²) in [4.78, 5) is 2.42. The molecule has 1 aromatic carbocycles. The van der Waals surface area contributed by atoms with Crippen molar-refractivity contribution >= 4 is 11.3 Å². The molecule has 1 aromatic rings. The number of ether oxygens (including phenoxy) is 1. The fourth-order valence-electron chi connectivity index (χ4n) is 4.16. The van der Waals surface area contributed by atoms with Crippen LogP contribution in [0.3, 0.4) is 0 Å². The van der Waals surface area contributed by atoms with Gasteiger partial charge in [0.1, 0.15) is 5.76 Å². The number of piperidine rings is 1. The van der Waals surface area contributed by atoms with Crippen molar-refractivity contribution in [2.45, 2.75) is 25.3 Å². The smallest absolute Gasteiger partial charge is 0.159 e. The molecule has 0 saturated carbocycles. The van der Waals surface area contributed by atoms with Crippen LogP contribution in [0.2, 0.25) is 0 Å². The lowest BCUT2D eigenvalue weighted by molar-refractivity contribution is 0.248. The van der Waals surface area contributed by atoms with E-state index in [1.807, 2.05) is 7.05 Å². The van der Waals surface area contributed by atoms with Crippen molar-refractivity contribution in [3.63, 3.8) is 0 Å². The van der Waals surface area contributed by atoms with Crippen molar-refractivity contribution < 1.29 is 4.74 Å². The van der Waals surface area contributed by atoms with Gasteiger partial charge in [-0.1, -0.05) is 12.1 Å². The SMILES string of the molecule is CN/C=C(\c1ccc(NC2C=C3NCOC3=CC2)cc1)C1CCN(C)CC1. The van der Waals surface area contributed by atoms with Gasteiger partial charge in [0.2, 0.25) is 0 Å². The molecule has 2 fully saturated rings. The third kappa shape index (κ3) is 4.14. The van der Waals surface area contributed by atoms with Crippen molar-refractivity contribution in [1.29, 1.82) is 0 Å². The quantitative estimate of drug-likeness (QED) is 0.748. The normalized spacial score (nSPS) is 23.6. The van der Waals surface area contributed by atoms with Crippen LogP contribution in [0.25, 0.3) is 5.57 Å². The molecular formula is C22H30N4O. The molecule has 0 amide bonds. The number of rotatable bonds is 5. The van der Waals surface area contributed by atoms with E-state index in [-0.39, 0.29) is 0 Å². The first-order valence-corrected chi connectivity index (χ1v) is 9.95. The van der Waals surface area contributed by atoms with Crippen LogP contribution in [0.4, 0.5) is 5.69 Å². The van der Waals surface area contributed by atoms with Gasteiger partial charge in [-0.15, -0.1) is 0 Å². The van der Waals surface area contributed by atoms with E-state index in [2.05, 4.69) is 70.5 Å². The van der Waals surface area contributed by atoms with Gasteiger partial charge in [0.15, 0.2) is 6.73 Å². The lowest BCUT2D eigenvalue weighted by Gasteiger charge is -2.31. The van der Waals surface area contributed by atoms with Gasteiger partial charge >= 0.3 is 0 Å². The second-order valence-electron chi connectivity index (χ2n) is 7.64. The molecule has 2 saturated heterocycles. The Morgan fingerprint density at radius 2 is 2.00 bits per heavy atom. The Kier molecular flexibility index (Phi) is 5.39. The van der Waals surface area contributed by atoms with Gasteiger partial charge in [0, 0.05) is 18.9 Å². The number of hydrogen-bond acceptors (Lipinski definition) is 5. The predicted octanol–water partition coefficient (Wildman–Crippen LogP) is 3.12. The van der Waals surface area contributed by atoms with E-state index < -0.39 is 0 Å².